The first-order valence-corrected chi connectivity index (χ1v) is 6.66. The Morgan fingerprint density at radius 2 is 1.95 bits per heavy atom. The van der Waals surface area contributed by atoms with Crippen LogP contribution in [0.3, 0.4) is 0 Å². The van der Waals surface area contributed by atoms with Crippen molar-refractivity contribution < 1.29 is 9.90 Å². The Balaban J connectivity index is 1.95. The molecule has 0 saturated heterocycles. The predicted molar refractivity (Wildman–Crippen MR) is 82.8 cm³/mol. The van der Waals surface area contributed by atoms with Gasteiger partial charge in [0.1, 0.15) is 5.75 Å². The Bertz CT molecular complexity index is 828. The molecule has 0 atom stereocenters. The highest BCUT2D eigenvalue weighted by Gasteiger charge is 2.11. The second-order valence-electron chi connectivity index (χ2n) is 4.50. The van der Waals surface area contributed by atoms with Gasteiger partial charge < -0.3 is 10.4 Å². The number of amides is 1. The second kappa shape index (κ2) is 5.42. The molecule has 0 fully saturated rings. The molecule has 5 heteroatoms. The van der Waals surface area contributed by atoms with E-state index in [1.807, 2.05) is 24.3 Å². The molecule has 0 radical (unpaired) electrons. The molecule has 0 aliphatic rings. The molecule has 0 saturated carbocycles. The fourth-order valence-electron chi connectivity index (χ4n) is 2.08. The van der Waals surface area contributed by atoms with Crippen LogP contribution >= 0.6 is 11.6 Å². The number of nitrogens with one attached hydrogen (secondary N) is 1. The molecule has 4 nitrogen and oxygen atoms in total. The summed E-state index contributed by atoms with van der Waals surface area (Å²) in [5.74, 6) is -0.343. The molecule has 3 rings (SSSR count). The minimum absolute atomic E-state index is 0.0750. The number of para-hydroxylation sites is 1. The second-order valence-corrected chi connectivity index (χ2v) is 4.90. The Morgan fingerprint density at radius 1 is 1.14 bits per heavy atom. The average Bonchev–Trinajstić information content (AvgIpc) is 2.50. The highest BCUT2D eigenvalue weighted by Crippen LogP contribution is 2.26. The summed E-state index contributed by atoms with van der Waals surface area (Å²) in [4.78, 5) is 16.6. The normalized spacial score (nSPS) is 10.5. The van der Waals surface area contributed by atoms with E-state index >= 15 is 0 Å². The summed E-state index contributed by atoms with van der Waals surface area (Å²) in [6.07, 6.45) is 1.59. The van der Waals surface area contributed by atoms with Crippen LogP contribution in [0, 0.1) is 0 Å². The van der Waals surface area contributed by atoms with Crippen molar-refractivity contribution in [2.24, 2.45) is 0 Å². The molecule has 0 bridgehead atoms. The van der Waals surface area contributed by atoms with Crippen molar-refractivity contribution in [1.82, 2.24) is 4.98 Å². The van der Waals surface area contributed by atoms with Gasteiger partial charge in [-0.3, -0.25) is 9.78 Å². The minimum Gasteiger partial charge on any atom is -0.506 e. The van der Waals surface area contributed by atoms with E-state index in [9.17, 15) is 9.90 Å². The van der Waals surface area contributed by atoms with Crippen LogP contribution in [0.15, 0.2) is 54.7 Å². The highest BCUT2D eigenvalue weighted by atomic mass is 35.5. The third kappa shape index (κ3) is 2.66. The quantitative estimate of drug-likeness (QED) is 0.755. The molecule has 3 aromatic rings. The third-order valence-electron chi connectivity index (χ3n) is 3.10. The number of fused-ring (bicyclic) bond motifs is 1. The van der Waals surface area contributed by atoms with Crippen LogP contribution in [-0.4, -0.2) is 16.0 Å². The molecule has 0 aliphatic carbocycles. The largest absolute Gasteiger partial charge is 0.506 e. The SMILES string of the molecule is O=C(Nc1ccc(Cl)c(O)c1)c1ccnc2ccccc12. The summed E-state index contributed by atoms with van der Waals surface area (Å²) in [5, 5.41) is 13.3. The topological polar surface area (TPSA) is 62.2 Å². The summed E-state index contributed by atoms with van der Waals surface area (Å²) >= 11 is 5.74. The van der Waals surface area contributed by atoms with Crippen molar-refractivity contribution in [2.75, 3.05) is 5.32 Å². The van der Waals surface area contributed by atoms with Crippen LogP contribution < -0.4 is 5.32 Å². The smallest absolute Gasteiger partial charge is 0.256 e. The number of hydrogen-bond donors (Lipinski definition) is 2. The minimum atomic E-state index is -0.268. The van der Waals surface area contributed by atoms with Crippen LogP contribution in [0.4, 0.5) is 5.69 Å². The standard InChI is InChI=1S/C16H11ClN2O2/c17-13-6-5-10(9-15(13)20)19-16(21)12-7-8-18-14-4-2-1-3-11(12)14/h1-9,20H,(H,19,21). The predicted octanol–water partition coefficient (Wildman–Crippen LogP) is 3.85. The molecular weight excluding hydrogens is 288 g/mol. The molecule has 21 heavy (non-hydrogen) atoms. The van der Waals surface area contributed by atoms with Gasteiger partial charge in [-0.2, -0.15) is 0 Å². The van der Waals surface area contributed by atoms with E-state index in [2.05, 4.69) is 10.3 Å². The van der Waals surface area contributed by atoms with E-state index in [4.69, 9.17) is 11.6 Å². The average molecular weight is 299 g/mol. The van der Waals surface area contributed by atoms with Crippen LogP contribution in [-0.2, 0) is 0 Å². The maximum absolute atomic E-state index is 12.4. The number of pyridine rings is 1. The lowest BCUT2D eigenvalue weighted by atomic mass is 10.1. The van der Waals surface area contributed by atoms with Gasteiger partial charge >= 0.3 is 0 Å². The van der Waals surface area contributed by atoms with E-state index in [-0.39, 0.29) is 16.7 Å². The molecule has 1 heterocycles. The number of aromatic hydroxyl groups is 1. The van der Waals surface area contributed by atoms with E-state index in [1.54, 1.807) is 18.3 Å². The van der Waals surface area contributed by atoms with Crippen molar-refractivity contribution in [3.63, 3.8) is 0 Å². The van der Waals surface area contributed by atoms with Crippen molar-refractivity contribution in [3.8, 4) is 5.75 Å². The fraction of sp³-hybridized carbons (Fsp3) is 0. The van der Waals surface area contributed by atoms with Gasteiger partial charge in [-0.05, 0) is 24.3 Å². The molecule has 2 N–H and O–H groups in total. The number of benzene rings is 2. The number of carbonyl (C=O) groups excluding carboxylic acids is 1. The zero-order valence-corrected chi connectivity index (χ0v) is 11.6. The van der Waals surface area contributed by atoms with Gasteiger partial charge in [-0.25, -0.2) is 0 Å². The number of anilines is 1. The summed E-state index contributed by atoms with van der Waals surface area (Å²) in [6, 6.07) is 13.6. The molecule has 1 aromatic heterocycles. The number of hydrogen-bond acceptors (Lipinski definition) is 3. The first kappa shape index (κ1) is 13.4. The van der Waals surface area contributed by atoms with E-state index in [0.717, 1.165) is 10.9 Å². The molecule has 0 unspecified atom stereocenters. The molecule has 1 amide bonds. The van der Waals surface area contributed by atoms with Crippen molar-refractivity contribution in [3.05, 3.63) is 65.3 Å². The molecule has 0 spiro atoms. The van der Waals surface area contributed by atoms with Crippen molar-refractivity contribution in [2.45, 2.75) is 0 Å². The Kier molecular flexibility index (Phi) is 3.46. The van der Waals surface area contributed by atoms with E-state index < -0.39 is 0 Å². The monoisotopic (exact) mass is 298 g/mol. The van der Waals surface area contributed by atoms with E-state index in [0.29, 0.717) is 11.3 Å². The lowest BCUT2D eigenvalue weighted by Gasteiger charge is -2.08. The van der Waals surface area contributed by atoms with Gasteiger partial charge in [0.2, 0.25) is 0 Å². The Labute approximate surface area is 126 Å². The van der Waals surface area contributed by atoms with Crippen LogP contribution in [0.5, 0.6) is 5.75 Å². The van der Waals surface area contributed by atoms with Gasteiger partial charge in [-0.15, -0.1) is 0 Å². The van der Waals surface area contributed by atoms with Crippen LogP contribution in [0.25, 0.3) is 10.9 Å². The maximum atomic E-state index is 12.4. The molecular formula is C16H11ClN2O2. The first-order chi connectivity index (χ1) is 10.1. The number of nitrogens with zero attached hydrogens (tertiary/aromatic N) is 1. The van der Waals surface area contributed by atoms with Gasteiger partial charge in [0, 0.05) is 23.3 Å². The van der Waals surface area contributed by atoms with Crippen molar-refractivity contribution >= 4 is 34.1 Å². The fourth-order valence-corrected chi connectivity index (χ4v) is 2.20. The number of halogens is 1. The third-order valence-corrected chi connectivity index (χ3v) is 3.42. The number of phenolic OH excluding ortho intramolecular Hbond substituents is 1. The lowest BCUT2D eigenvalue weighted by Crippen LogP contribution is -2.12. The highest BCUT2D eigenvalue weighted by molar-refractivity contribution is 6.32. The van der Waals surface area contributed by atoms with Crippen LogP contribution in [0.1, 0.15) is 10.4 Å². The summed E-state index contributed by atoms with van der Waals surface area (Å²) in [6.45, 7) is 0. The molecule has 0 aliphatic heterocycles. The Morgan fingerprint density at radius 3 is 2.76 bits per heavy atom. The van der Waals surface area contributed by atoms with Gasteiger partial charge in [0.25, 0.3) is 5.91 Å². The van der Waals surface area contributed by atoms with Gasteiger partial charge in [-0.1, -0.05) is 29.8 Å². The number of aromatic nitrogens is 1. The molecule has 2 aromatic carbocycles. The summed E-state index contributed by atoms with van der Waals surface area (Å²) in [5.41, 5.74) is 1.75. The number of carbonyl (C=O) groups is 1. The van der Waals surface area contributed by atoms with Gasteiger partial charge in [0.15, 0.2) is 0 Å². The zero-order valence-electron chi connectivity index (χ0n) is 10.9. The summed E-state index contributed by atoms with van der Waals surface area (Å²) in [7, 11) is 0. The lowest BCUT2D eigenvalue weighted by molar-refractivity contribution is 0.102. The zero-order chi connectivity index (χ0) is 14.8. The number of rotatable bonds is 2. The van der Waals surface area contributed by atoms with Crippen LogP contribution in [0.2, 0.25) is 5.02 Å². The Hall–Kier alpha value is -2.59. The first-order valence-electron chi connectivity index (χ1n) is 6.29. The van der Waals surface area contributed by atoms with Crippen molar-refractivity contribution in [1.29, 1.82) is 0 Å². The van der Waals surface area contributed by atoms with Gasteiger partial charge in [0.05, 0.1) is 16.1 Å². The maximum Gasteiger partial charge on any atom is 0.256 e. The van der Waals surface area contributed by atoms with E-state index in [1.165, 1.54) is 12.1 Å². The number of phenols is 1. The summed E-state index contributed by atoms with van der Waals surface area (Å²) < 4.78 is 0. The molecule has 104 valence electrons.